The number of nitrogens with zero attached hydrogens (tertiary/aromatic N) is 2. The highest BCUT2D eigenvalue weighted by molar-refractivity contribution is 6.31. The Kier molecular flexibility index (Phi) is 4.44. The molecule has 0 radical (unpaired) electrons. The van der Waals surface area contributed by atoms with E-state index in [0.29, 0.717) is 28.4 Å². The van der Waals surface area contributed by atoms with Crippen molar-refractivity contribution in [3.05, 3.63) is 92.8 Å². The molecule has 2 unspecified atom stereocenters. The Labute approximate surface area is 178 Å². The molecule has 3 aromatic carbocycles. The van der Waals surface area contributed by atoms with Crippen molar-refractivity contribution in [1.29, 1.82) is 0 Å². The lowest BCUT2D eigenvalue weighted by Gasteiger charge is -2.33. The zero-order valence-corrected chi connectivity index (χ0v) is 17.0. The van der Waals surface area contributed by atoms with Crippen LogP contribution in [0.1, 0.15) is 33.1 Å². The number of carbonyl (C=O) groups is 1. The van der Waals surface area contributed by atoms with Gasteiger partial charge < -0.3 is 15.5 Å². The molecule has 2 heterocycles. The van der Waals surface area contributed by atoms with Crippen LogP contribution in [0.5, 0.6) is 0 Å². The summed E-state index contributed by atoms with van der Waals surface area (Å²) in [5.41, 5.74) is 5.40. The Balaban J connectivity index is 1.59. The zero-order valence-electron chi connectivity index (χ0n) is 16.2. The fourth-order valence-corrected chi connectivity index (χ4v) is 4.46. The van der Waals surface area contributed by atoms with Crippen LogP contribution in [-0.4, -0.2) is 17.0 Å². The summed E-state index contributed by atoms with van der Waals surface area (Å²) >= 11 is 6.31. The Hall–Kier alpha value is -3.38. The van der Waals surface area contributed by atoms with Crippen LogP contribution in [-0.2, 0) is 6.54 Å². The van der Waals surface area contributed by atoms with E-state index in [4.69, 9.17) is 11.6 Å². The van der Waals surface area contributed by atoms with Gasteiger partial charge in [-0.2, -0.15) is 0 Å². The Morgan fingerprint density at radius 2 is 1.77 bits per heavy atom. The molecule has 0 fully saturated rings. The van der Waals surface area contributed by atoms with E-state index >= 15 is 0 Å². The van der Waals surface area contributed by atoms with Crippen molar-refractivity contribution >= 4 is 34.6 Å². The first-order chi connectivity index (χ1) is 14.6. The maximum Gasteiger partial charge on any atom is 0.255 e. The second-order valence-electron chi connectivity index (χ2n) is 7.60. The SMILES string of the molecule is Cc1cc2c(cc1Cl)NC(C(c1ccccc1N=O)N1Cc3ccccc3C1=O)N2. The van der Waals surface area contributed by atoms with Crippen LogP contribution in [0.4, 0.5) is 17.1 Å². The van der Waals surface area contributed by atoms with Crippen LogP contribution >= 0.6 is 11.6 Å². The van der Waals surface area contributed by atoms with E-state index in [1.807, 2.05) is 55.5 Å². The van der Waals surface area contributed by atoms with Gasteiger partial charge in [-0.15, -0.1) is 4.91 Å². The second kappa shape index (κ2) is 7.15. The second-order valence-corrected chi connectivity index (χ2v) is 8.01. The van der Waals surface area contributed by atoms with Crippen LogP contribution in [0, 0.1) is 11.8 Å². The first-order valence-electron chi connectivity index (χ1n) is 9.71. The number of aryl methyl sites for hydroxylation is 1. The summed E-state index contributed by atoms with van der Waals surface area (Å²) in [5.74, 6) is -0.0647. The van der Waals surface area contributed by atoms with Gasteiger partial charge in [-0.25, -0.2) is 0 Å². The zero-order chi connectivity index (χ0) is 20.8. The van der Waals surface area contributed by atoms with Crippen LogP contribution < -0.4 is 10.6 Å². The van der Waals surface area contributed by atoms with E-state index in [9.17, 15) is 9.70 Å². The molecule has 0 aromatic heterocycles. The van der Waals surface area contributed by atoms with E-state index < -0.39 is 6.04 Å². The first kappa shape index (κ1) is 18.6. The van der Waals surface area contributed by atoms with Crippen LogP contribution in [0.2, 0.25) is 5.02 Å². The highest BCUT2D eigenvalue weighted by Gasteiger charge is 2.41. The molecule has 2 atom stereocenters. The molecular weight excluding hydrogens is 400 g/mol. The van der Waals surface area contributed by atoms with E-state index in [0.717, 1.165) is 22.5 Å². The molecule has 0 saturated carbocycles. The first-order valence-corrected chi connectivity index (χ1v) is 10.1. The van der Waals surface area contributed by atoms with Gasteiger partial charge in [-0.05, 0) is 47.5 Å². The molecule has 5 rings (SSSR count). The van der Waals surface area contributed by atoms with Gasteiger partial charge in [0, 0.05) is 22.7 Å². The van der Waals surface area contributed by atoms with Gasteiger partial charge in [0.05, 0.1) is 17.4 Å². The van der Waals surface area contributed by atoms with E-state index in [1.54, 1.807) is 17.0 Å². The van der Waals surface area contributed by atoms with E-state index in [2.05, 4.69) is 15.8 Å². The van der Waals surface area contributed by atoms with Gasteiger partial charge in [-0.1, -0.05) is 48.0 Å². The molecule has 3 aromatic rings. The van der Waals surface area contributed by atoms with Crippen molar-refractivity contribution in [2.24, 2.45) is 5.18 Å². The maximum absolute atomic E-state index is 13.3. The molecule has 2 aliphatic heterocycles. The number of carbonyl (C=O) groups excluding carboxylic acids is 1. The third-order valence-electron chi connectivity index (χ3n) is 5.78. The number of halogens is 1. The van der Waals surface area contributed by atoms with Crippen molar-refractivity contribution in [2.75, 3.05) is 10.6 Å². The molecule has 6 nitrogen and oxygen atoms in total. The topological polar surface area (TPSA) is 73.8 Å². The fourth-order valence-electron chi connectivity index (χ4n) is 4.30. The minimum Gasteiger partial charge on any atom is -0.362 e. The largest absolute Gasteiger partial charge is 0.362 e. The summed E-state index contributed by atoms with van der Waals surface area (Å²) in [6.45, 7) is 2.41. The monoisotopic (exact) mass is 418 g/mol. The molecule has 0 saturated heterocycles. The van der Waals surface area contributed by atoms with E-state index in [1.165, 1.54) is 0 Å². The number of benzene rings is 3. The molecule has 0 spiro atoms. The molecule has 2 aliphatic rings. The van der Waals surface area contributed by atoms with Gasteiger partial charge in [0.15, 0.2) is 0 Å². The third-order valence-corrected chi connectivity index (χ3v) is 6.18. The van der Waals surface area contributed by atoms with Crippen molar-refractivity contribution in [3.63, 3.8) is 0 Å². The molecular formula is C23H19ClN4O2. The number of anilines is 2. The molecule has 0 aliphatic carbocycles. The van der Waals surface area contributed by atoms with E-state index in [-0.39, 0.29) is 12.1 Å². The number of hydrogen-bond donors (Lipinski definition) is 2. The molecule has 30 heavy (non-hydrogen) atoms. The summed E-state index contributed by atoms with van der Waals surface area (Å²) < 4.78 is 0. The van der Waals surface area contributed by atoms with Crippen molar-refractivity contribution in [3.8, 4) is 0 Å². The van der Waals surface area contributed by atoms with Crippen molar-refractivity contribution in [2.45, 2.75) is 25.7 Å². The van der Waals surface area contributed by atoms with Gasteiger partial charge >= 0.3 is 0 Å². The van der Waals surface area contributed by atoms with Crippen molar-refractivity contribution < 1.29 is 4.79 Å². The van der Waals surface area contributed by atoms with Gasteiger partial charge in [-0.3, -0.25) is 4.79 Å². The Morgan fingerprint density at radius 1 is 1.07 bits per heavy atom. The minimum atomic E-state index is -0.453. The van der Waals surface area contributed by atoms with Crippen LogP contribution in [0.15, 0.2) is 65.8 Å². The third kappa shape index (κ3) is 2.92. The Morgan fingerprint density at radius 3 is 2.53 bits per heavy atom. The molecule has 1 amide bonds. The summed E-state index contributed by atoms with van der Waals surface area (Å²) in [6, 6.07) is 18.1. The fraction of sp³-hybridized carbons (Fsp3) is 0.174. The summed E-state index contributed by atoms with van der Waals surface area (Å²) in [4.78, 5) is 26.6. The molecule has 150 valence electrons. The Bertz CT molecular complexity index is 1150. The standard InChI is InChI=1S/C23H19ClN4O2/c1-13-10-19-20(11-17(13)24)26-22(25-19)21(16-8-4-5-9-18(16)27-30)28-12-14-6-2-3-7-15(14)23(28)29/h2-11,21-22,25-26H,12H2,1H3. The average Bonchev–Trinajstić information content (AvgIpc) is 3.30. The summed E-state index contributed by atoms with van der Waals surface area (Å²) in [6.07, 6.45) is -0.348. The average molecular weight is 419 g/mol. The number of nitroso groups, excluding NO2 is 1. The quantitative estimate of drug-likeness (QED) is 0.540. The van der Waals surface area contributed by atoms with Crippen molar-refractivity contribution in [1.82, 2.24) is 4.90 Å². The normalized spacial score (nSPS) is 17.7. The summed E-state index contributed by atoms with van der Waals surface area (Å²) in [5, 5.41) is 10.8. The lowest BCUT2D eigenvalue weighted by atomic mass is 10.0. The number of rotatable bonds is 4. The predicted molar refractivity (Wildman–Crippen MR) is 118 cm³/mol. The lowest BCUT2D eigenvalue weighted by Crippen LogP contribution is -2.42. The molecule has 2 N–H and O–H groups in total. The predicted octanol–water partition coefficient (Wildman–Crippen LogP) is 5.61. The minimum absolute atomic E-state index is 0.0647. The molecule has 0 bridgehead atoms. The number of fused-ring (bicyclic) bond motifs is 2. The van der Waals surface area contributed by atoms with Gasteiger partial charge in [0.2, 0.25) is 0 Å². The summed E-state index contributed by atoms with van der Waals surface area (Å²) in [7, 11) is 0. The maximum atomic E-state index is 13.3. The highest BCUT2D eigenvalue weighted by atomic mass is 35.5. The smallest absolute Gasteiger partial charge is 0.255 e. The highest BCUT2D eigenvalue weighted by Crippen LogP contribution is 2.43. The van der Waals surface area contributed by atoms with Crippen LogP contribution in [0.25, 0.3) is 0 Å². The van der Waals surface area contributed by atoms with Crippen LogP contribution in [0.3, 0.4) is 0 Å². The molecule has 7 heteroatoms. The number of amides is 1. The number of nitrogens with one attached hydrogen (secondary N) is 2. The van der Waals surface area contributed by atoms with Gasteiger partial charge in [0.1, 0.15) is 11.9 Å². The van der Waals surface area contributed by atoms with Gasteiger partial charge in [0.25, 0.3) is 5.91 Å². The lowest BCUT2D eigenvalue weighted by molar-refractivity contribution is 0.0690. The number of hydrogen-bond acceptors (Lipinski definition) is 5.